The molecule has 0 aliphatic carbocycles. The third-order valence-corrected chi connectivity index (χ3v) is 5.67. The van der Waals surface area contributed by atoms with E-state index in [1.54, 1.807) is 24.3 Å². The van der Waals surface area contributed by atoms with Gasteiger partial charge in [-0.05, 0) is 34.4 Å². The SMILES string of the molecule is COc1ccccc1OC(=O)[C@H](Cc1ccc2ccccc2c1)NC(=O)N(CC(C)C)CC(O)C(=O)O. The van der Waals surface area contributed by atoms with E-state index in [1.165, 1.54) is 12.0 Å². The van der Waals surface area contributed by atoms with Crippen LogP contribution in [0.1, 0.15) is 19.4 Å². The number of benzene rings is 3. The molecule has 0 saturated heterocycles. The van der Waals surface area contributed by atoms with E-state index in [4.69, 9.17) is 14.6 Å². The van der Waals surface area contributed by atoms with Crippen molar-refractivity contribution >= 4 is 28.7 Å². The number of carbonyl (C=O) groups excluding carboxylic acids is 2. The standard InChI is InChI=1S/C28H32N2O7/c1-18(2)16-30(17-23(31)26(32)33)28(35)29-22(27(34)37-25-11-7-6-10-24(25)36-3)15-19-12-13-20-8-4-5-9-21(20)14-19/h4-14,18,22-23,31H,15-17H2,1-3H3,(H,29,35)(H,32,33)/t22-,23?/m0/s1. The summed E-state index contributed by atoms with van der Waals surface area (Å²) in [7, 11) is 1.46. The van der Waals surface area contributed by atoms with Gasteiger partial charge in [0.1, 0.15) is 6.04 Å². The van der Waals surface area contributed by atoms with Crippen molar-refractivity contribution in [2.75, 3.05) is 20.2 Å². The summed E-state index contributed by atoms with van der Waals surface area (Å²) in [5.41, 5.74) is 0.793. The Bertz CT molecular complexity index is 1240. The van der Waals surface area contributed by atoms with Crippen LogP contribution in [0, 0.1) is 5.92 Å². The largest absolute Gasteiger partial charge is 0.493 e. The summed E-state index contributed by atoms with van der Waals surface area (Å²) in [6.07, 6.45) is -1.63. The van der Waals surface area contributed by atoms with Crippen molar-refractivity contribution in [2.24, 2.45) is 5.92 Å². The minimum absolute atomic E-state index is 0.00814. The van der Waals surface area contributed by atoms with Crippen molar-refractivity contribution in [2.45, 2.75) is 32.4 Å². The molecule has 196 valence electrons. The number of aliphatic hydroxyl groups is 1. The van der Waals surface area contributed by atoms with Crippen molar-refractivity contribution in [1.29, 1.82) is 0 Å². The summed E-state index contributed by atoms with van der Waals surface area (Å²) >= 11 is 0. The number of nitrogens with zero attached hydrogens (tertiary/aromatic N) is 1. The van der Waals surface area contributed by atoms with Gasteiger partial charge in [0.2, 0.25) is 0 Å². The number of aliphatic carboxylic acids is 1. The predicted molar refractivity (Wildman–Crippen MR) is 139 cm³/mol. The number of hydrogen-bond donors (Lipinski definition) is 3. The first-order valence-corrected chi connectivity index (χ1v) is 12.0. The van der Waals surface area contributed by atoms with Gasteiger partial charge in [0.25, 0.3) is 0 Å². The number of carboxylic acid groups (broad SMARTS) is 1. The number of fused-ring (bicyclic) bond motifs is 1. The van der Waals surface area contributed by atoms with E-state index in [9.17, 15) is 19.5 Å². The van der Waals surface area contributed by atoms with E-state index in [0.29, 0.717) is 5.75 Å². The molecule has 0 aliphatic rings. The number of urea groups is 1. The third-order valence-electron chi connectivity index (χ3n) is 5.67. The lowest BCUT2D eigenvalue weighted by Crippen LogP contribution is -2.53. The third kappa shape index (κ3) is 7.68. The molecule has 0 aromatic heterocycles. The first-order valence-electron chi connectivity index (χ1n) is 12.0. The van der Waals surface area contributed by atoms with E-state index < -0.39 is 36.7 Å². The van der Waals surface area contributed by atoms with Crippen LogP contribution in [0.2, 0.25) is 0 Å². The second kappa shape index (κ2) is 12.7. The lowest BCUT2D eigenvalue weighted by Gasteiger charge is -2.28. The van der Waals surface area contributed by atoms with Crippen LogP contribution in [-0.2, 0) is 16.0 Å². The second-order valence-electron chi connectivity index (χ2n) is 9.11. The van der Waals surface area contributed by atoms with Crippen LogP contribution >= 0.6 is 0 Å². The molecule has 0 spiro atoms. The molecule has 9 heteroatoms. The Morgan fingerprint density at radius 3 is 2.22 bits per heavy atom. The molecule has 2 amide bonds. The number of amides is 2. The van der Waals surface area contributed by atoms with E-state index in [1.807, 2.05) is 56.3 Å². The van der Waals surface area contributed by atoms with E-state index in [2.05, 4.69) is 5.32 Å². The summed E-state index contributed by atoms with van der Waals surface area (Å²) in [4.78, 5) is 38.9. The number of nitrogens with one attached hydrogen (secondary N) is 1. The lowest BCUT2D eigenvalue weighted by atomic mass is 10.0. The molecular formula is C28H32N2O7. The Morgan fingerprint density at radius 2 is 1.57 bits per heavy atom. The molecule has 3 aromatic rings. The van der Waals surface area contributed by atoms with Crippen molar-refractivity contribution in [1.82, 2.24) is 10.2 Å². The Balaban J connectivity index is 1.88. The molecule has 1 unspecified atom stereocenters. The highest BCUT2D eigenvalue weighted by molar-refractivity contribution is 5.87. The Kier molecular flexibility index (Phi) is 9.45. The molecule has 9 nitrogen and oxygen atoms in total. The molecule has 37 heavy (non-hydrogen) atoms. The maximum absolute atomic E-state index is 13.3. The summed E-state index contributed by atoms with van der Waals surface area (Å²) in [5, 5.41) is 23.7. The van der Waals surface area contributed by atoms with Crippen LogP contribution in [-0.4, -0.2) is 65.4 Å². The van der Waals surface area contributed by atoms with Crippen LogP contribution in [0.4, 0.5) is 4.79 Å². The van der Waals surface area contributed by atoms with Crippen LogP contribution < -0.4 is 14.8 Å². The van der Waals surface area contributed by atoms with Gasteiger partial charge in [-0.1, -0.05) is 68.4 Å². The quantitative estimate of drug-likeness (QED) is 0.267. The van der Waals surface area contributed by atoms with Gasteiger partial charge < -0.3 is 29.9 Å². The van der Waals surface area contributed by atoms with Crippen molar-refractivity contribution in [3.8, 4) is 11.5 Å². The average molecular weight is 509 g/mol. The fourth-order valence-corrected chi connectivity index (χ4v) is 3.89. The second-order valence-corrected chi connectivity index (χ2v) is 9.11. The van der Waals surface area contributed by atoms with Crippen LogP contribution in [0.15, 0.2) is 66.7 Å². The minimum atomic E-state index is -1.76. The Hall–Kier alpha value is -4.11. The zero-order chi connectivity index (χ0) is 26.9. The molecule has 0 aliphatic heterocycles. The molecule has 0 saturated carbocycles. The Morgan fingerprint density at radius 1 is 0.919 bits per heavy atom. The van der Waals surface area contributed by atoms with Crippen LogP contribution in [0.5, 0.6) is 11.5 Å². The molecule has 3 aromatic carbocycles. The van der Waals surface area contributed by atoms with Gasteiger partial charge in [0, 0.05) is 13.0 Å². The van der Waals surface area contributed by atoms with Crippen molar-refractivity contribution < 1.29 is 34.1 Å². The highest BCUT2D eigenvalue weighted by Gasteiger charge is 2.29. The molecule has 3 N–H and O–H groups in total. The van der Waals surface area contributed by atoms with Gasteiger partial charge in [-0.2, -0.15) is 0 Å². The van der Waals surface area contributed by atoms with Gasteiger partial charge in [0.15, 0.2) is 17.6 Å². The molecule has 0 heterocycles. The van der Waals surface area contributed by atoms with Gasteiger partial charge in [-0.15, -0.1) is 0 Å². The van der Waals surface area contributed by atoms with Gasteiger partial charge >= 0.3 is 18.0 Å². The summed E-state index contributed by atoms with van der Waals surface area (Å²) in [5.74, 6) is -1.60. The topological polar surface area (TPSA) is 125 Å². The lowest BCUT2D eigenvalue weighted by molar-refractivity contribution is -0.147. The maximum atomic E-state index is 13.3. The highest BCUT2D eigenvalue weighted by Crippen LogP contribution is 2.26. The van der Waals surface area contributed by atoms with E-state index >= 15 is 0 Å². The number of hydrogen-bond acceptors (Lipinski definition) is 6. The zero-order valence-corrected chi connectivity index (χ0v) is 21.1. The Labute approximate surface area is 215 Å². The smallest absolute Gasteiger partial charge is 0.334 e. The molecule has 3 rings (SSSR count). The van der Waals surface area contributed by atoms with Crippen LogP contribution in [0.25, 0.3) is 10.8 Å². The van der Waals surface area contributed by atoms with Crippen molar-refractivity contribution in [3.05, 3.63) is 72.3 Å². The minimum Gasteiger partial charge on any atom is -0.493 e. The van der Waals surface area contributed by atoms with Gasteiger partial charge in [0.05, 0.1) is 13.7 Å². The molecule has 0 radical (unpaired) electrons. The highest BCUT2D eigenvalue weighted by atomic mass is 16.6. The number of esters is 1. The fourth-order valence-electron chi connectivity index (χ4n) is 3.89. The maximum Gasteiger partial charge on any atom is 0.334 e. The number of methoxy groups -OCH3 is 1. The monoisotopic (exact) mass is 508 g/mol. The predicted octanol–water partition coefficient (Wildman–Crippen LogP) is 3.48. The number of para-hydroxylation sites is 2. The first kappa shape index (κ1) is 27.5. The van der Waals surface area contributed by atoms with Gasteiger partial charge in [-0.3, -0.25) is 0 Å². The molecular weight excluding hydrogens is 476 g/mol. The number of ether oxygens (including phenoxy) is 2. The zero-order valence-electron chi connectivity index (χ0n) is 21.1. The molecule has 0 fully saturated rings. The average Bonchev–Trinajstić information content (AvgIpc) is 2.87. The molecule has 2 atom stereocenters. The number of carbonyl (C=O) groups is 3. The summed E-state index contributed by atoms with van der Waals surface area (Å²) < 4.78 is 10.9. The van der Waals surface area contributed by atoms with Crippen LogP contribution in [0.3, 0.4) is 0 Å². The first-order chi connectivity index (χ1) is 17.7. The number of aliphatic hydroxyl groups excluding tert-OH is 1. The van der Waals surface area contributed by atoms with E-state index in [-0.39, 0.29) is 24.6 Å². The molecule has 0 bridgehead atoms. The fraction of sp³-hybridized carbons (Fsp3) is 0.321. The van der Waals surface area contributed by atoms with E-state index in [0.717, 1.165) is 16.3 Å². The van der Waals surface area contributed by atoms with Gasteiger partial charge in [-0.25, -0.2) is 14.4 Å². The summed E-state index contributed by atoms with van der Waals surface area (Å²) in [6, 6.07) is 18.4. The normalized spacial score (nSPS) is 12.6. The summed E-state index contributed by atoms with van der Waals surface area (Å²) in [6.45, 7) is 3.47. The number of rotatable bonds is 11. The van der Waals surface area contributed by atoms with Crippen molar-refractivity contribution in [3.63, 3.8) is 0 Å². The number of carboxylic acids is 1.